The molecule has 2 aromatic rings. The van der Waals surface area contributed by atoms with Gasteiger partial charge in [-0.1, -0.05) is 0 Å². The van der Waals surface area contributed by atoms with Gasteiger partial charge in [0.05, 0.1) is 0 Å². The molecule has 26 heavy (non-hydrogen) atoms. The number of likely N-dealkylation sites (tertiary alicyclic amines) is 1. The Hall–Kier alpha value is -2.05. The van der Waals surface area contributed by atoms with E-state index in [2.05, 4.69) is 41.6 Å². The van der Waals surface area contributed by atoms with E-state index in [1.807, 2.05) is 24.3 Å². The highest BCUT2D eigenvalue weighted by Gasteiger charge is 2.17. The first-order valence-corrected chi connectivity index (χ1v) is 9.95. The number of amides is 2. The molecule has 0 radical (unpaired) electrons. The minimum absolute atomic E-state index is 0.178. The molecule has 140 valence electrons. The second-order valence-corrected chi connectivity index (χ2v) is 8.16. The molecule has 0 spiro atoms. The molecule has 1 aromatic carbocycles. The summed E-state index contributed by atoms with van der Waals surface area (Å²) >= 11 is 1.77. The Balaban J connectivity index is 1.39. The van der Waals surface area contributed by atoms with E-state index in [0.29, 0.717) is 6.54 Å². The standard InChI is InChI=1S/C20H27N3O2S/c1-15-3-8-19(26-15)9-12-21-20(24)22-16-4-6-17(7-5-16)25-18-10-13-23(2)14-11-18/h3-8,18H,9-14H2,1-2H3,(H2,21,22,24). The molecule has 3 rings (SSSR count). The van der Waals surface area contributed by atoms with Gasteiger partial charge in [0.25, 0.3) is 0 Å². The van der Waals surface area contributed by atoms with Crippen molar-refractivity contribution in [2.45, 2.75) is 32.3 Å². The van der Waals surface area contributed by atoms with Crippen LogP contribution in [-0.4, -0.2) is 43.7 Å². The van der Waals surface area contributed by atoms with Gasteiger partial charge in [0, 0.05) is 35.1 Å². The fourth-order valence-corrected chi connectivity index (χ4v) is 3.90. The number of hydrogen-bond donors (Lipinski definition) is 2. The van der Waals surface area contributed by atoms with Crippen LogP contribution in [0.15, 0.2) is 36.4 Å². The first-order chi connectivity index (χ1) is 12.6. The number of ether oxygens (including phenoxy) is 1. The van der Waals surface area contributed by atoms with Gasteiger partial charge >= 0.3 is 6.03 Å². The number of nitrogens with zero attached hydrogens (tertiary/aromatic N) is 1. The van der Waals surface area contributed by atoms with Gasteiger partial charge in [-0.25, -0.2) is 4.79 Å². The summed E-state index contributed by atoms with van der Waals surface area (Å²) in [6, 6.07) is 11.6. The molecule has 2 N–H and O–H groups in total. The molecule has 1 fully saturated rings. The normalized spacial score (nSPS) is 15.6. The maximum absolute atomic E-state index is 12.0. The van der Waals surface area contributed by atoms with Crippen LogP contribution in [-0.2, 0) is 6.42 Å². The molecule has 0 bridgehead atoms. The largest absolute Gasteiger partial charge is 0.490 e. The zero-order valence-corrected chi connectivity index (χ0v) is 16.3. The molecule has 1 aliphatic rings. The third-order valence-electron chi connectivity index (χ3n) is 4.53. The van der Waals surface area contributed by atoms with Gasteiger partial charge in [-0.15, -0.1) is 11.3 Å². The topological polar surface area (TPSA) is 53.6 Å². The molecule has 2 amide bonds. The Morgan fingerprint density at radius 2 is 1.92 bits per heavy atom. The first-order valence-electron chi connectivity index (χ1n) is 9.14. The van der Waals surface area contributed by atoms with Crippen LogP contribution in [0.25, 0.3) is 0 Å². The number of rotatable bonds is 6. The van der Waals surface area contributed by atoms with Crippen LogP contribution in [0, 0.1) is 6.92 Å². The van der Waals surface area contributed by atoms with Crippen LogP contribution in [0.4, 0.5) is 10.5 Å². The smallest absolute Gasteiger partial charge is 0.319 e. The summed E-state index contributed by atoms with van der Waals surface area (Å²) in [5.74, 6) is 0.860. The highest BCUT2D eigenvalue weighted by Crippen LogP contribution is 2.20. The Bertz CT molecular complexity index is 706. The second-order valence-electron chi connectivity index (χ2n) is 6.79. The number of urea groups is 1. The highest BCUT2D eigenvalue weighted by molar-refractivity contribution is 7.11. The van der Waals surface area contributed by atoms with Crippen molar-refractivity contribution in [1.82, 2.24) is 10.2 Å². The van der Waals surface area contributed by atoms with Crippen molar-refractivity contribution in [3.63, 3.8) is 0 Å². The van der Waals surface area contributed by atoms with Crippen molar-refractivity contribution >= 4 is 23.1 Å². The van der Waals surface area contributed by atoms with Gasteiger partial charge in [-0.05, 0) is 69.6 Å². The number of benzene rings is 1. The average molecular weight is 374 g/mol. The number of piperidine rings is 1. The van der Waals surface area contributed by atoms with Crippen LogP contribution in [0.3, 0.4) is 0 Å². The summed E-state index contributed by atoms with van der Waals surface area (Å²) in [5.41, 5.74) is 0.769. The average Bonchev–Trinajstić information content (AvgIpc) is 3.04. The number of carbonyl (C=O) groups excluding carboxylic acids is 1. The number of nitrogens with one attached hydrogen (secondary N) is 2. The van der Waals surface area contributed by atoms with Crippen molar-refractivity contribution in [2.75, 3.05) is 32.0 Å². The maximum atomic E-state index is 12.0. The zero-order chi connectivity index (χ0) is 18.4. The van der Waals surface area contributed by atoms with E-state index in [0.717, 1.165) is 43.8 Å². The van der Waals surface area contributed by atoms with Crippen LogP contribution >= 0.6 is 11.3 Å². The SMILES string of the molecule is Cc1ccc(CCNC(=O)Nc2ccc(OC3CCN(C)CC3)cc2)s1. The molecule has 2 heterocycles. The lowest BCUT2D eigenvalue weighted by Crippen LogP contribution is -2.35. The van der Waals surface area contributed by atoms with Crippen LogP contribution < -0.4 is 15.4 Å². The fraction of sp³-hybridized carbons (Fsp3) is 0.450. The van der Waals surface area contributed by atoms with Crippen molar-refractivity contribution < 1.29 is 9.53 Å². The van der Waals surface area contributed by atoms with Gasteiger partial charge in [0.2, 0.25) is 0 Å². The highest BCUT2D eigenvalue weighted by atomic mass is 32.1. The number of aryl methyl sites for hydroxylation is 1. The van der Waals surface area contributed by atoms with Gasteiger partial charge in [0.1, 0.15) is 11.9 Å². The molecule has 0 unspecified atom stereocenters. The van der Waals surface area contributed by atoms with Crippen LogP contribution in [0.1, 0.15) is 22.6 Å². The Morgan fingerprint density at radius 1 is 1.19 bits per heavy atom. The first kappa shape index (κ1) is 18.7. The lowest BCUT2D eigenvalue weighted by molar-refractivity contribution is 0.114. The molecule has 0 atom stereocenters. The number of hydrogen-bond acceptors (Lipinski definition) is 4. The van der Waals surface area contributed by atoms with Gasteiger partial charge in [0.15, 0.2) is 0 Å². The van der Waals surface area contributed by atoms with E-state index in [1.54, 1.807) is 11.3 Å². The number of carbonyl (C=O) groups is 1. The molecule has 1 aromatic heterocycles. The van der Waals surface area contributed by atoms with Crippen LogP contribution in [0.2, 0.25) is 0 Å². The Kier molecular flexibility index (Phi) is 6.52. The summed E-state index contributed by atoms with van der Waals surface area (Å²) in [4.78, 5) is 16.9. The monoisotopic (exact) mass is 373 g/mol. The van der Waals surface area contributed by atoms with Crippen molar-refractivity contribution in [3.05, 3.63) is 46.2 Å². The summed E-state index contributed by atoms with van der Waals surface area (Å²) < 4.78 is 6.03. The molecular weight excluding hydrogens is 346 g/mol. The number of anilines is 1. The van der Waals surface area contributed by atoms with Gasteiger partial charge in [-0.3, -0.25) is 0 Å². The molecule has 1 aliphatic heterocycles. The van der Waals surface area contributed by atoms with Crippen LogP contribution in [0.5, 0.6) is 5.75 Å². The second kappa shape index (κ2) is 9.05. The summed E-state index contributed by atoms with van der Waals surface area (Å²) in [6.07, 6.45) is 3.26. The van der Waals surface area contributed by atoms with E-state index in [-0.39, 0.29) is 12.1 Å². The van der Waals surface area contributed by atoms with E-state index >= 15 is 0 Å². The summed E-state index contributed by atoms with van der Waals surface area (Å²) in [7, 11) is 2.14. The molecule has 6 heteroatoms. The Morgan fingerprint density at radius 3 is 2.58 bits per heavy atom. The third kappa shape index (κ3) is 5.75. The Labute approximate surface area is 159 Å². The van der Waals surface area contributed by atoms with Crippen molar-refractivity contribution in [2.24, 2.45) is 0 Å². The summed E-state index contributed by atoms with van der Waals surface area (Å²) in [6.45, 7) is 4.88. The fourth-order valence-electron chi connectivity index (χ4n) is 3.01. The molecule has 5 nitrogen and oxygen atoms in total. The van der Waals surface area contributed by atoms with E-state index < -0.39 is 0 Å². The number of thiophene rings is 1. The summed E-state index contributed by atoms with van der Waals surface area (Å²) in [5, 5.41) is 5.76. The predicted octanol–water partition coefficient (Wildman–Crippen LogP) is 3.89. The third-order valence-corrected chi connectivity index (χ3v) is 5.59. The quantitative estimate of drug-likeness (QED) is 0.808. The molecule has 0 saturated carbocycles. The van der Waals surface area contributed by atoms with E-state index in [1.165, 1.54) is 9.75 Å². The lowest BCUT2D eigenvalue weighted by atomic mass is 10.1. The maximum Gasteiger partial charge on any atom is 0.319 e. The van der Waals surface area contributed by atoms with Crippen molar-refractivity contribution in [1.29, 1.82) is 0 Å². The molecular formula is C20H27N3O2S. The molecule has 0 aliphatic carbocycles. The zero-order valence-electron chi connectivity index (χ0n) is 15.5. The predicted molar refractivity (Wildman–Crippen MR) is 107 cm³/mol. The van der Waals surface area contributed by atoms with Crippen molar-refractivity contribution in [3.8, 4) is 5.75 Å². The van der Waals surface area contributed by atoms with Gasteiger partial charge < -0.3 is 20.3 Å². The minimum atomic E-state index is -0.178. The minimum Gasteiger partial charge on any atom is -0.490 e. The van der Waals surface area contributed by atoms with Gasteiger partial charge in [-0.2, -0.15) is 0 Å². The molecule has 1 saturated heterocycles. The van der Waals surface area contributed by atoms with E-state index in [9.17, 15) is 4.79 Å². The lowest BCUT2D eigenvalue weighted by Gasteiger charge is -2.29. The van der Waals surface area contributed by atoms with E-state index in [4.69, 9.17) is 4.74 Å².